The van der Waals surface area contributed by atoms with Gasteiger partial charge in [-0.1, -0.05) is 30.3 Å². The molecule has 2 heterocycles. The maximum atomic E-state index is 6.13. The van der Waals surface area contributed by atoms with Gasteiger partial charge in [-0.25, -0.2) is 0 Å². The van der Waals surface area contributed by atoms with E-state index in [0.717, 1.165) is 16.9 Å². The van der Waals surface area contributed by atoms with Crippen LogP contribution in [0.5, 0.6) is 0 Å². The van der Waals surface area contributed by atoms with Crippen molar-refractivity contribution in [3.63, 3.8) is 0 Å². The number of halogens is 1. The first-order chi connectivity index (χ1) is 9.25. The molecule has 4 nitrogen and oxygen atoms in total. The lowest BCUT2D eigenvalue weighted by Crippen LogP contribution is -1.98. The van der Waals surface area contributed by atoms with E-state index in [1.54, 1.807) is 10.8 Å². The van der Waals surface area contributed by atoms with Crippen LogP contribution in [-0.2, 0) is 0 Å². The Morgan fingerprint density at radius 3 is 2.47 bits per heavy atom. The van der Waals surface area contributed by atoms with Crippen molar-refractivity contribution < 1.29 is 0 Å². The summed E-state index contributed by atoms with van der Waals surface area (Å²) in [5, 5.41) is 8.40. The molecule has 2 aromatic heterocycles. The average Bonchev–Trinajstić information content (AvgIpc) is 2.83. The van der Waals surface area contributed by atoms with E-state index in [4.69, 9.17) is 11.6 Å². The number of hydrogen-bond acceptors (Lipinski definition) is 3. The van der Waals surface area contributed by atoms with Crippen LogP contribution in [0.15, 0.2) is 48.7 Å². The van der Waals surface area contributed by atoms with Gasteiger partial charge >= 0.3 is 0 Å². The molecule has 5 heteroatoms. The highest BCUT2D eigenvalue weighted by atomic mass is 35.5. The van der Waals surface area contributed by atoms with Gasteiger partial charge in [-0.05, 0) is 30.7 Å². The van der Waals surface area contributed by atoms with Crippen LogP contribution in [0.2, 0.25) is 5.28 Å². The molecule has 1 aromatic carbocycles. The fourth-order valence-corrected chi connectivity index (χ4v) is 2.08. The molecular formula is C14H11ClN4. The molecule has 0 aliphatic carbocycles. The number of aryl methyl sites for hydroxylation is 1. The normalized spacial score (nSPS) is 10.6. The van der Waals surface area contributed by atoms with E-state index in [1.165, 1.54) is 0 Å². The summed E-state index contributed by atoms with van der Waals surface area (Å²) in [6, 6.07) is 13.7. The average molecular weight is 271 g/mol. The molecule has 0 saturated carbocycles. The minimum absolute atomic E-state index is 0.324. The first-order valence-electron chi connectivity index (χ1n) is 5.85. The third-order valence-corrected chi connectivity index (χ3v) is 3.05. The topological polar surface area (TPSA) is 43.6 Å². The predicted molar refractivity (Wildman–Crippen MR) is 74.3 cm³/mol. The summed E-state index contributed by atoms with van der Waals surface area (Å²) in [6.07, 6.45) is 1.76. The minimum atomic E-state index is 0.324. The summed E-state index contributed by atoms with van der Waals surface area (Å²) < 4.78 is 1.78. The molecule has 0 N–H and O–H groups in total. The SMILES string of the molecule is Cc1ccc(-n2c(Cl)nnc2-c2ccccc2)cn1. The predicted octanol–water partition coefficient (Wildman–Crippen LogP) is 3.29. The Bertz CT molecular complexity index is 689. The number of hydrogen-bond donors (Lipinski definition) is 0. The summed E-state index contributed by atoms with van der Waals surface area (Å²) in [5.74, 6) is 0.705. The second-order valence-electron chi connectivity index (χ2n) is 4.15. The van der Waals surface area contributed by atoms with Crippen LogP contribution in [0.3, 0.4) is 0 Å². The zero-order valence-electron chi connectivity index (χ0n) is 10.3. The van der Waals surface area contributed by atoms with Gasteiger partial charge in [-0.3, -0.25) is 9.55 Å². The Balaban J connectivity index is 2.17. The molecule has 0 saturated heterocycles. The van der Waals surface area contributed by atoms with E-state index in [9.17, 15) is 0 Å². The summed E-state index contributed by atoms with van der Waals surface area (Å²) >= 11 is 6.13. The minimum Gasteiger partial charge on any atom is -0.264 e. The van der Waals surface area contributed by atoms with Crippen molar-refractivity contribution in [2.24, 2.45) is 0 Å². The van der Waals surface area contributed by atoms with E-state index >= 15 is 0 Å². The van der Waals surface area contributed by atoms with Crippen molar-refractivity contribution in [1.82, 2.24) is 19.7 Å². The lowest BCUT2D eigenvalue weighted by molar-refractivity contribution is 1.03. The molecule has 0 bridgehead atoms. The van der Waals surface area contributed by atoms with Crippen molar-refractivity contribution in [2.45, 2.75) is 6.92 Å². The van der Waals surface area contributed by atoms with Gasteiger partial charge in [0, 0.05) is 11.3 Å². The van der Waals surface area contributed by atoms with Crippen molar-refractivity contribution >= 4 is 11.6 Å². The van der Waals surface area contributed by atoms with Crippen molar-refractivity contribution in [2.75, 3.05) is 0 Å². The summed E-state index contributed by atoms with van der Waals surface area (Å²) in [5.41, 5.74) is 2.76. The zero-order chi connectivity index (χ0) is 13.2. The van der Waals surface area contributed by atoms with Crippen LogP contribution in [0.4, 0.5) is 0 Å². The van der Waals surface area contributed by atoms with Gasteiger partial charge in [0.1, 0.15) is 0 Å². The Morgan fingerprint density at radius 2 is 1.79 bits per heavy atom. The van der Waals surface area contributed by atoms with E-state index in [2.05, 4.69) is 15.2 Å². The van der Waals surface area contributed by atoms with Gasteiger partial charge in [0.05, 0.1) is 11.9 Å². The molecule has 0 amide bonds. The van der Waals surface area contributed by atoms with Crippen LogP contribution in [0.1, 0.15) is 5.69 Å². The van der Waals surface area contributed by atoms with Crippen LogP contribution in [0.25, 0.3) is 17.1 Å². The van der Waals surface area contributed by atoms with Gasteiger partial charge in [0.25, 0.3) is 0 Å². The number of rotatable bonds is 2. The Kier molecular flexibility index (Phi) is 3.01. The largest absolute Gasteiger partial charge is 0.264 e. The fourth-order valence-electron chi connectivity index (χ4n) is 1.86. The Hall–Kier alpha value is -2.20. The molecule has 0 atom stereocenters. The first kappa shape index (κ1) is 11.9. The number of nitrogens with zero attached hydrogens (tertiary/aromatic N) is 4. The number of benzene rings is 1. The first-order valence-corrected chi connectivity index (χ1v) is 6.23. The summed E-state index contributed by atoms with van der Waals surface area (Å²) in [6.45, 7) is 1.94. The van der Waals surface area contributed by atoms with E-state index in [-0.39, 0.29) is 0 Å². The number of aromatic nitrogens is 4. The molecule has 3 rings (SSSR count). The standard InChI is InChI=1S/C14H11ClN4/c1-10-7-8-12(9-16-10)19-13(17-18-14(19)15)11-5-3-2-4-6-11/h2-9H,1H3. The van der Waals surface area contributed by atoms with Crippen molar-refractivity contribution in [3.8, 4) is 17.1 Å². The monoisotopic (exact) mass is 270 g/mol. The Morgan fingerprint density at radius 1 is 1.00 bits per heavy atom. The second-order valence-corrected chi connectivity index (χ2v) is 4.49. The number of pyridine rings is 1. The van der Waals surface area contributed by atoms with Gasteiger partial charge in [0.2, 0.25) is 5.28 Å². The highest BCUT2D eigenvalue weighted by Gasteiger charge is 2.13. The van der Waals surface area contributed by atoms with Crippen LogP contribution in [-0.4, -0.2) is 19.7 Å². The second kappa shape index (κ2) is 4.82. The van der Waals surface area contributed by atoms with Crippen LogP contribution < -0.4 is 0 Å². The maximum absolute atomic E-state index is 6.13. The van der Waals surface area contributed by atoms with E-state index in [0.29, 0.717) is 11.1 Å². The van der Waals surface area contributed by atoms with Gasteiger partial charge in [-0.15, -0.1) is 10.2 Å². The van der Waals surface area contributed by atoms with Gasteiger partial charge in [0.15, 0.2) is 5.82 Å². The molecule has 0 spiro atoms. The van der Waals surface area contributed by atoms with Crippen LogP contribution >= 0.6 is 11.6 Å². The highest BCUT2D eigenvalue weighted by molar-refractivity contribution is 6.28. The smallest absolute Gasteiger partial charge is 0.229 e. The zero-order valence-corrected chi connectivity index (χ0v) is 11.0. The molecule has 0 aliphatic heterocycles. The van der Waals surface area contributed by atoms with Crippen molar-refractivity contribution in [3.05, 3.63) is 59.6 Å². The molecule has 3 aromatic rings. The summed E-state index contributed by atoms with van der Waals surface area (Å²) in [7, 11) is 0. The van der Waals surface area contributed by atoms with Gasteiger partial charge < -0.3 is 0 Å². The summed E-state index contributed by atoms with van der Waals surface area (Å²) in [4.78, 5) is 4.28. The quantitative estimate of drug-likeness (QED) is 0.718. The lowest BCUT2D eigenvalue weighted by atomic mass is 10.2. The third-order valence-electron chi connectivity index (χ3n) is 2.81. The molecule has 0 unspecified atom stereocenters. The maximum Gasteiger partial charge on any atom is 0.229 e. The lowest BCUT2D eigenvalue weighted by Gasteiger charge is -2.07. The fraction of sp³-hybridized carbons (Fsp3) is 0.0714. The van der Waals surface area contributed by atoms with Crippen molar-refractivity contribution in [1.29, 1.82) is 0 Å². The molecule has 19 heavy (non-hydrogen) atoms. The third kappa shape index (κ3) is 2.22. The molecule has 0 radical (unpaired) electrons. The van der Waals surface area contributed by atoms with Gasteiger partial charge in [-0.2, -0.15) is 0 Å². The van der Waals surface area contributed by atoms with E-state index < -0.39 is 0 Å². The highest BCUT2D eigenvalue weighted by Crippen LogP contribution is 2.24. The Labute approximate surface area is 115 Å². The molecule has 94 valence electrons. The van der Waals surface area contributed by atoms with E-state index in [1.807, 2.05) is 49.4 Å². The van der Waals surface area contributed by atoms with Crippen LogP contribution in [0, 0.1) is 6.92 Å². The molecule has 0 fully saturated rings. The molecular weight excluding hydrogens is 260 g/mol. The molecule has 0 aliphatic rings.